The van der Waals surface area contributed by atoms with Crippen molar-refractivity contribution in [2.24, 2.45) is 5.92 Å². The lowest BCUT2D eigenvalue weighted by atomic mass is 10.1. The Balaban J connectivity index is 2.18. The van der Waals surface area contributed by atoms with Crippen LogP contribution in [0, 0.1) is 5.92 Å². The Morgan fingerprint density at radius 1 is 1.37 bits per heavy atom. The molecule has 1 aromatic rings. The molecule has 0 amide bonds. The van der Waals surface area contributed by atoms with Crippen LogP contribution in [0.15, 0.2) is 23.1 Å². The van der Waals surface area contributed by atoms with Crippen LogP contribution in [0.25, 0.3) is 0 Å². The van der Waals surface area contributed by atoms with Crippen LogP contribution in [0.3, 0.4) is 0 Å². The number of hydrogen-bond donors (Lipinski definition) is 0. The van der Waals surface area contributed by atoms with Gasteiger partial charge >= 0.3 is 0 Å². The van der Waals surface area contributed by atoms with Crippen molar-refractivity contribution in [1.82, 2.24) is 4.31 Å². The molecule has 0 aliphatic carbocycles. The first-order valence-electron chi connectivity index (χ1n) is 5.90. The average Bonchev–Trinajstić information content (AvgIpc) is 2.85. The number of sulfonamides is 1. The maximum absolute atomic E-state index is 12.4. The first kappa shape index (κ1) is 15.1. The zero-order valence-corrected chi connectivity index (χ0v) is 12.8. The molecule has 1 aliphatic heterocycles. The Bertz CT molecular complexity index is 556. The number of ether oxygens (including phenoxy) is 1. The highest BCUT2D eigenvalue weighted by atomic mass is 35.5. The van der Waals surface area contributed by atoms with Crippen molar-refractivity contribution in [1.29, 1.82) is 0 Å². The largest absolute Gasteiger partial charge is 0.381 e. The van der Waals surface area contributed by atoms with Crippen LogP contribution < -0.4 is 0 Å². The van der Waals surface area contributed by atoms with Crippen LogP contribution in [0.1, 0.15) is 6.42 Å². The molecule has 4 nitrogen and oxygen atoms in total. The van der Waals surface area contributed by atoms with Gasteiger partial charge < -0.3 is 4.74 Å². The second kappa shape index (κ2) is 5.97. The Labute approximate surface area is 123 Å². The highest BCUT2D eigenvalue weighted by molar-refractivity contribution is 7.89. The van der Waals surface area contributed by atoms with E-state index in [0.29, 0.717) is 24.8 Å². The molecule has 106 valence electrons. The predicted molar refractivity (Wildman–Crippen MR) is 75.2 cm³/mol. The van der Waals surface area contributed by atoms with Gasteiger partial charge in [-0.2, -0.15) is 0 Å². The van der Waals surface area contributed by atoms with Gasteiger partial charge in [0.25, 0.3) is 0 Å². The van der Waals surface area contributed by atoms with Gasteiger partial charge in [-0.25, -0.2) is 12.7 Å². The lowest BCUT2D eigenvalue weighted by Gasteiger charge is -2.20. The molecule has 1 aliphatic rings. The fourth-order valence-corrected chi connectivity index (χ4v) is 3.64. The number of nitrogens with zero attached hydrogens (tertiary/aromatic N) is 1. The lowest BCUT2D eigenvalue weighted by Crippen LogP contribution is -2.32. The molecule has 2 rings (SSSR count). The SMILES string of the molecule is CN(CC1CCOC1)S(=O)(=O)c1ccc(Cl)c(Cl)c1. The summed E-state index contributed by atoms with van der Waals surface area (Å²) < 4.78 is 31.3. The zero-order valence-electron chi connectivity index (χ0n) is 10.5. The fraction of sp³-hybridized carbons (Fsp3) is 0.500. The third kappa shape index (κ3) is 3.41. The van der Waals surface area contributed by atoms with Crippen molar-refractivity contribution < 1.29 is 13.2 Å². The van der Waals surface area contributed by atoms with E-state index >= 15 is 0 Å². The minimum absolute atomic E-state index is 0.156. The molecule has 0 aromatic heterocycles. The summed E-state index contributed by atoms with van der Waals surface area (Å²) in [6, 6.07) is 4.33. The monoisotopic (exact) mass is 323 g/mol. The summed E-state index contributed by atoms with van der Waals surface area (Å²) >= 11 is 11.7. The van der Waals surface area contributed by atoms with Crippen molar-refractivity contribution >= 4 is 33.2 Å². The minimum atomic E-state index is -3.53. The third-order valence-electron chi connectivity index (χ3n) is 3.14. The number of rotatable bonds is 4. The van der Waals surface area contributed by atoms with E-state index in [0.717, 1.165) is 6.42 Å². The van der Waals surface area contributed by atoms with E-state index in [-0.39, 0.29) is 15.8 Å². The van der Waals surface area contributed by atoms with Crippen molar-refractivity contribution in [3.63, 3.8) is 0 Å². The molecule has 0 spiro atoms. The van der Waals surface area contributed by atoms with Gasteiger partial charge in [-0.15, -0.1) is 0 Å². The molecule has 0 radical (unpaired) electrons. The third-order valence-corrected chi connectivity index (χ3v) is 5.70. The van der Waals surface area contributed by atoms with Crippen LogP contribution in [0.2, 0.25) is 10.0 Å². The summed E-state index contributed by atoms with van der Waals surface area (Å²) in [5, 5.41) is 0.577. The van der Waals surface area contributed by atoms with E-state index in [4.69, 9.17) is 27.9 Å². The molecule has 1 aromatic carbocycles. The van der Waals surface area contributed by atoms with Crippen LogP contribution in [0.5, 0.6) is 0 Å². The van der Waals surface area contributed by atoms with Gasteiger partial charge in [-0.3, -0.25) is 0 Å². The molecule has 1 atom stereocenters. The first-order valence-corrected chi connectivity index (χ1v) is 8.10. The van der Waals surface area contributed by atoms with Gasteiger partial charge in [-0.05, 0) is 30.5 Å². The smallest absolute Gasteiger partial charge is 0.242 e. The maximum Gasteiger partial charge on any atom is 0.242 e. The summed E-state index contributed by atoms with van der Waals surface area (Å²) in [7, 11) is -1.97. The zero-order chi connectivity index (χ0) is 14.0. The molecule has 1 unspecified atom stereocenters. The molecular weight excluding hydrogens is 309 g/mol. The lowest BCUT2D eigenvalue weighted by molar-refractivity contribution is 0.182. The van der Waals surface area contributed by atoms with E-state index in [1.165, 1.54) is 22.5 Å². The van der Waals surface area contributed by atoms with E-state index in [2.05, 4.69) is 0 Å². The highest BCUT2D eigenvalue weighted by Gasteiger charge is 2.26. The average molecular weight is 324 g/mol. The second-order valence-corrected chi connectivity index (χ2v) is 7.45. The number of hydrogen-bond acceptors (Lipinski definition) is 3. The Morgan fingerprint density at radius 3 is 2.68 bits per heavy atom. The minimum Gasteiger partial charge on any atom is -0.381 e. The topological polar surface area (TPSA) is 46.6 Å². The van der Waals surface area contributed by atoms with Crippen LogP contribution >= 0.6 is 23.2 Å². The molecule has 0 bridgehead atoms. The van der Waals surface area contributed by atoms with Crippen molar-refractivity contribution in [3.05, 3.63) is 28.2 Å². The predicted octanol–water partition coefficient (Wildman–Crippen LogP) is 2.65. The summed E-state index contributed by atoms with van der Waals surface area (Å²) in [4.78, 5) is 0.156. The van der Waals surface area contributed by atoms with E-state index in [1.54, 1.807) is 7.05 Å². The summed E-state index contributed by atoms with van der Waals surface area (Å²) in [5.41, 5.74) is 0. The van der Waals surface area contributed by atoms with Gasteiger partial charge in [0.05, 0.1) is 21.5 Å². The molecule has 19 heavy (non-hydrogen) atoms. The van der Waals surface area contributed by atoms with Crippen molar-refractivity contribution in [2.45, 2.75) is 11.3 Å². The summed E-state index contributed by atoms with van der Waals surface area (Å²) in [6.45, 7) is 1.76. The Morgan fingerprint density at radius 2 is 2.11 bits per heavy atom. The number of benzene rings is 1. The van der Waals surface area contributed by atoms with Gasteiger partial charge in [0, 0.05) is 20.2 Å². The van der Waals surface area contributed by atoms with Crippen molar-refractivity contribution in [3.8, 4) is 0 Å². The summed E-state index contributed by atoms with van der Waals surface area (Å²) in [5.74, 6) is 0.252. The molecular formula is C12H15Cl2NO3S. The molecule has 0 saturated carbocycles. The van der Waals surface area contributed by atoms with Crippen LogP contribution in [0.4, 0.5) is 0 Å². The molecule has 7 heteroatoms. The van der Waals surface area contributed by atoms with E-state index in [9.17, 15) is 8.42 Å². The fourth-order valence-electron chi connectivity index (χ4n) is 2.01. The normalized spacial score (nSPS) is 20.1. The van der Waals surface area contributed by atoms with Gasteiger partial charge in [0.1, 0.15) is 0 Å². The Kier molecular flexibility index (Phi) is 4.74. The Hall–Kier alpha value is -0.330. The molecule has 1 saturated heterocycles. The van der Waals surface area contributed by atoms with Crippen LogP contribution in [-0.4, -0.2) is 39.5 Å². The van der Waals surface area contributed by atoms with Gasteiger partial charge in [0.15, 0.2) is 0 Å². The molecule has 1 fully saturated rings. The second-order valence-electron chi connectivity index (χ2n) is 4.59. The van der Waals surface area contributed by atoms with Gasteiger partial charge in [0.2, 0.25) is 10.0 Å². The quantitative estimate of drug-likeness (QED) is 0.855. The molecule has 0 N–H and O–H groups in total. The summed E-state index contributed by atoms with van der Waals surface area (Å²) in [6.07, 6.45) is 0.890. The standard InChI is InChI=1S/C12H15Cl2NO3S/c1-15(7-9-4-5-18-8-9)19(16,17)10-2-3-11(13)12(14)6-10/h2-3,6,9H,4-5,7-8H2,1H3. The highest BCUT2D eigenvalue weighted by Crippen LogP contribution is 2.26. The maximum atomic E-state index is 12.4. The van der Waals surface area contributed by atoms with E-state index in [1.807, 2.05) is 0 Å². The first-order chi connectivity index (χ1) is 8.91. The van der Waals surface area contributed by atoms with Gasteiger partial charge in [-0.1, -0.05) is 23.2 Å². The molecule has 1 heterocycles. The van der Waals surface area contributed by atoms with E-state index < -0.39 is 10.0 Å². The van der Waals surface area contributed by atoms with Crippen molar-refractivity contribution in [2.75, 3.05) is 26.8 Å². The van der Waals surface area contributed by atoms with Crippen LogP contribution in [-0.2, 0) is 14.8 Å². The number of halogens is 2.